The van der Waals surface area contributed by atoms with Gasteiger partial charge in [0.05, 0.1) is 4.90 Å². The van der Waals surface area contributed by atoms with Crippen molar-refractivity contribution in [3.8, 4) is 5.75 Å². The smallest absolute Gasteiger partial charge is 0.294 e. The molecule has 3 aromatic rings. The molecule has 0 heterocycles. The average Bonchev–Trinajstić information content (AvgIpc) is 2.49. The van der Waals surface area contributed by atoms with Crippen molar-refractivity contribution in [3.05, 3.63) is 65.7 Å². The Morgan fingerprint density at radius 2 is 1.43 bits per heavy atom. The van der Waals surface area contributed by atoms with E-state index in [-0.39, 0.29) is 10.6 Å². The number of phenolic OH excluding ortho intramolecular Hbond substituents is 1. The lowest BCUT2D eigenvalue weighted by atomic mass is 10.1. The number of nitrogen functional groups attached to an aromatic ring is 1. The minimum atomic E-state index is -4.14. The van der Waals surface area contributed by atoms with E-state index in [1.807, 2.05) is 0 Å². The first kappa shape index (κ1) is 17.1. The number of hydrogen-bond donors (Lipinski definition) is 3. The Bertz CT molecular complexity index is 903. The molecule has 0 saturated heterocycles. The third-order valence-corrected chi connectivity index (χ3v) is 4.06. The molecule has 23 heavy (non-hydrogen) atoms. The summed E-state index contributed by atoms with van der Waals surface area (Å²) in [6.07, 6.45) is 0. The van der Waals surface area contributed by atoms with Gasteiger partial charge in [-0.3, -0.25) is 4.55 Å². The van der Waals surface area contributed by atoms with Crippen LogP contribution < -0.4 is 5.73 Å². The predicted molar refractivity (Wildman–Crippen MR) is 91.3 cm³/mol. The maximum Gasteiger partial charge on any atom is 0.294 e. The molecule has 0 atom stereocenters. The molecule has 4 N–H and O–H groups in total. The molecule has 0 aliphatic heterocycles. The lowest BCUT2D eigenvalue weighted by Gasteiger charge is -2.01. The third-order valence-electron chi connectivity index (χ3n) is 2.96. The average molecular weight is 352 g/mol. The van der Waals surface area contributed by atoms with E-state index in [1.165, 1.54) is 12.1 Å². The molecule has 3 rings (SSSR count). The van der Waals surface area contributed by atoms with Gasteiger partial charge in [-0.2, -0.15) is 8.42 Å². The van der Waals surface area contributed by atoms with E-state index in [9.17, 15) is 8.42 Å². The van der Waals surface area contributed by atoms with E-state index in [1.54, 1.807) is 48.5 Å². The summed E-state index contributed by atoms with van der Waals surface area (Å²) in [5.41, 5.74) is 6.19. The van der Waals surface area contributed by atoms with Gasteiger partial charge in [0.25, 0.3) is 10.1 Å². The summed E-state index contributed by atoms with van der Waals surface area (Å²) < 4.78 is 30.6. The van der Waals surface area contributed by atoms with Gasteiger partial charge in [0.1, 0.15) is 5.75 Å². The highest BCUT2D eigenvalue weighted by atomic mass is 35.5. The Labute approximate surface area is 138 Å². The molecule has 0 amide bonds. The van der Waals surface area contributed by atoms with Gasteiger partial charge >= 0.3 is 0 Å². The van der Waals surface area contributed by atoms with Crippen LogP contribution in [0.2, 0.25) is 5.02 Å². The second-order valence-electron chi connectivity index (χ2n) is 4.72. The van der Waals surface area contributed by atoms with Gasteiger partial charge in [0.15, 0.2) is 0 Å². The van der Waals surface area contributed by atoms with Crippen LogP contribution in [0.3, 0.4) is 0 Å². The SMILES string of the molecule is Nc1ccc2cc(S(=O)(=O)O)ccc2c1.Oc1ccc(Cl)cc1. The van der Waals surface area contributed by atoms with E-state index >= 15 is 0 Å². The topological polar surface area (TPSA) is 101 Å². The van der Waals surface area contributed by atoms with Crippen LogP contribution in [0.4, 0.5) is 5.69 Å². The van der Waals surface area contributed by atoms with Crippen LogP contribution in [0.5, 0.6) is 5.75 Å². The second kappa shape index (κ2) is 6.87. The molecule has 0 spiro atoms. The summed E-state index contributed by atoms with van der Waals surface area (Å²) in [6, 6.07) is 15.8. The molecule has 0 fully saturated rings. The fourth-order valence-corrected chi connectivity index (χ4v) is 2.49. The number of fused-ring (bicyclic) bond motifs is 1. The Kier molecular flexibility index (Phi) is 5.10. The van der Waals surface area contributed by atoms with E-state index in [0.29, 0.717) is 10.7 Å². The summed E-state index contributed by atoms with van der Waals surface area (Å²) >= 11 is 5.50. The van der Waals surface area contributed by atoms with Crippen molar-refractivity contribution in [2.75, 3.05) is 5.73 Å². The van der Waals surface area contributed by atoms with Gasteiger partial charge in [-0.05, 0) is 59.3 Å². The van der Waals surface area contributed by atoms with Crippen LogP contribution in [-0.4, -0.2) is 18.1 Å². The van der Waals surface area contributed by atoms with Crippen molar-refractivity contribution >= 4 is 38.2 Å². The van der Waals surface area contributed by atoms with Crippen LogP contribution in [0.15, 0.2) is 65.6 Å². The molecule has 120 valence electrons. The summed E-state index contributed by atoms with van der Waals surface area (Å²) in [4.78, 5) is -0.111. The minimum absolute atomic E-state index is 0.111. The molecular weight excluding hydrogens is 338 g/mol. The van der Waals surface area contributed by atoms with Crippen LogP contribution in [0, 0.1) is 0 Å². The normalized spacial score (nSPS) is 10.9. The minimum Gasteiger partial charge on any atom is -0.508 e. The van der Waals surface area contributed by atoms with Crippen molar-refractivity contribution in [3.63, 3.8) is 0 Å². The van der Waals surface area contributed by atoms with Crippen molar-refractivity contribution in [2.45, 2.75) is 4.90 Å². The van der Waals surface area contributed by atoms with Gasteiger partial charge in [-0.1, -0.05) is 23.7 Å². The Morgan fingerprint density at radius 3 is 2.00 bits per heavy atom. The highest BCUT2D eigenvalue weighted by Crippen LogP contribution is 2.21. The number of aromatic hydroxyl groups is 1. The molecule has 3 aromatic carbocycles. The molecule has 0 saturated carbocycles. The molecule has 7 heteroatoms. The highest BCUT2D eigenvalue weighted by Gasteiger charge is 2.09. The molecule has 5 nitrogen and oxygen atoms in total. The fourth-order valence-electron chi connectivity index (χ4n) is 1.84. The van der Waals surface area contributed by atoms with Crippen molar-refractivity contribution in [1.29, 1.82) is 0 Å². The first-order valence-corrected chi connectivity index (χ1v) is 8.29. The summed E-state index contributed by atoms with van der Waals surface area (Å²) in [5.74, 6) is 0.245. The Balaban J connectivity index is 0.000000203. The zero-order chi connectivity index (χ0) is 17.0. The van der Waals surface area contributed by atoms with E-state index in [4.69, 9.17) is 27.0 Å². The lowest BCUT2D eigenvalue weighted by Crippen LogP contribution is -1.97. The number of rotatable bonds is 1. The predicted octanol–water partition coefficient (Wildman–Crippen LogP) is 3.71. The maximum atomic E-state index is 10.9. The molecule has 0 radical (unpaired) electrons. The largest absolute Gasteiger partial charge is 0.508 e. The first-order chi connectivity index (χ1) is 10.8. The molecule has 0 unspecified atom stereocenters. The van der Waals surface area contributed by atoms with Crippen molar-refractivity contribution in [1.82, 2.24) is 0 Å². The summed E-state index contributed by atoms with van der Waals surface area (Å²) in [5, 5.41) is 10.9. The number of benzene rings is 3. The zero-order valence-corrected chi connectivity index (χ0v) is 13.4. The van der Waals surface area contributed by atoms with Gasteiger partial charge in [0.2, 0.25) is 0 Å². The van der Waals surface area contributed by atoms with Crippen LogP contribution in [-0.2, 0) is 10.1 Å². The molecule has 0 aromatic heterocycles. The van der Waals surface area contributed by atoms with E-state index in [0.717, 1.165) is 10.8 Å². The highest BCUT2D eigenvalue weighted by molar-refractivity contribution is 7.85. The number of nitrogens with two attached hydrogens (primary N) is 1. The zero-order valence-electron chi connectivity index (χ0n) is 11.8. The maximum absolute atomic E-state index is 10.9. The summed E-state index contributed by atoms with van der Waals surface area (Å²) in [7, 11) is -4.14. The van der Waals surface area contributed by atoms with Crippen LogP contribution in [0.1, 0.15) is 0 Å². The van der Waals surface area contributed by atoms with E-state index in [2.05, 4.69) is 0 Å². The monoisotopic (exact) mass is 351 g/mol. The summed E-state index contributed by atoms with van der Waals surface area (Å²) in [6.45, 7) is 0. The van der Waals surface area contributed by atoms with Gasteiger partial charge in [-0.15, -0.1) is 0 Å². The van der Waals surface area contributed by atoms with Crippen molar-refractivity contribution in [2.24, 2.45) is 0 Å². The van der Waals surface area contributed by atoms with E-state index < -0.39 is 10.1 Å². The van der Waals surface area contributed by atoms with Crippen LogP contribution >= 0.6 is 11.6 Å². The van der Waals surface area contributed by atoms with Crippen LogP contribution in [0.25, 0.3) is 10.8 Å². The third kappa shape index (κ3) is 4.85. The van der Waals surface area contributed by atoms with Crippen molar-refractivity contribution < 1.29 is 18.1 Å². The number of anilines is 1. The number of phenols is 1. The molecule has 0 aliphatic rings. The van der Waals surface area contributed by atoms with Gasteiger partial charge < -0.3 is 10.8 Å². The standard InChI is InChI=1S/C10H9NO3S.C6H5ClO/c11-9-3-1-8-6-10(15(12,13)14)4-2-7(8)5-9;7-5-1-3-6(8)4-2-5/h1-6H,11H2,(H,12,13,14);1-4,8H. The number of hydrogen-bond acceptors (Lipinski definition) is 4. The Morgan fingerprint density at radius 1 is 0.870 bits per heavy atom. The Hall–Kier alpha value is -2.28. The first-order valence-electron chi connectivity index (χ1n) is 6.47. The van der Waals surface area contributed by atoms with Gasteiger partial charge in [0, 0.05) is 10.7 Å². The van der Waals surface area contributed by atoms with Gasteiger partial charge in [-0.25, -0.2) is 0 Å². The number of halogens is 1. The molecule has 0 aliphatic carbocycles. The fraction of sp³-hybridized carbons (Fsp3) is 0. The second-order valence-corrected chi connectivity index (χ2v) is 6.58. The lowest BCUT2D eigenvalue weighted by molar-refractivity contribution is 0.475. The quantitative estimate of drug-likeness (QED) is 0.458. The molecule has 0 bridgehead atoms. The molecular formula is C16H14ClNO4S.